The number of nitrogens with zero attached hydrogens (tertiary/aromatic N) is 2. The minimum absolute atomic E-state index is 0.101. The van der Waals surface area contributed by atoms with E-state index in [0.29, 0.717) is 17.5 Å². The lowest BCUT2D eigenvalue weighted by Gasteiger charge is -2.36. The zero-order valence-electron chi connectivity index (χ0n) is 10.2. The van der Waals surface area contributed by atoms with E-state index >= 15 is 0 Å². The van der Waals surface area contributed by atoms with Crippen LogP contribution in [0.1, 0.15) is 37.0 Å². The van der Waals surface area contributed by atoms with Crippen molar-refractivity contribution in [2.75, 3.05) is 6.54 Å². The molecule has 2 unspecified atom stereocenters. The lowest BCUT2D eigenvalue weighted by molar-refractivity contribution is 0.0573. The fraction of sp³-hybridized carbons (Fsp3) is 0.538. The minimum Gasteiger partial charge on any atom is -0.336 e. The normalized spacial score (nSPS) is 24.8. The number of amides is 1. The Hall–Kier alpha value is -0.900. The monoisotopic (exact) mass is 296 g/mol. The Kier molecular flexibility index (Phi) is 3.82. The van der Waals surface area contributed by atoms with Crippen molar-refractivity contribution in [3.63, 3.8) is 0 Å². The van der Waals surface area contributed by atoms with Crippen molar-refractivity contribution in [2.45, 2.75) is 32.7 Å². The van der Waals surface area contributed by atoms with Gasteiger partial charge in [-0.05, 0) is 53.7 Å². The fourth-order valence-electron chi connectivity index (χ4n) is 2.24. The molecule has 1 aromatic rings. The van der Waals surface area contributed by atoms with Crippen LogP contribution in [0.25, 0.3) is 0 Å². The lowest BCUT2D eigenvalue weighted by Crippen LogP contribution is -2.44. The summed E-state index contributed by atoms with van der Waals surface area (Å²) in [6.45, 7) is 5.18. The molecule has 1 fully saturated rings. The van der Waals surface area contributed by atoms with Gasteiger partial charge in [0.05, 0.1) is 5.56 Å². The molecule has 4 heteroatoms. The van der Waals surface area contributed by atoms with Gasteiger partial charge in [0.15, 0.2) is 0 Å². The molecule has 3 nitrogen and oxygen atoms in total. The van der Waals surface area contributed by atoms with Gasteiger partial charge in [0, 0.05) is 18.8 Å². The molecule has 0 spiro atoms. The van der Waals surface area contributed by atoms with E-state index in [9.17, 15) is 4.79 Å². The number of hydrogen-bond donors (Lipinski definition) is 0. The van der Waals surface area contributed by atoms with Crippen molar-refractivity contribution in [1.29, 1.82) is 0 Å². The second-order valence-corrected chi connectivity index (χ2v) is 5.67. The molecule has 0 aliphatic carbocycles. The number of piperidine rings is 1. The Balaban J connectivity index is 2.15. The van der Waals surface area contributed by atoms with Crippen molar-refractivity contribution in [3.8, 4) is 0 Å². The van der Waals surface area contributed by atoms with Crippen molar-refractivity contribution >= 4 is 21.8 Å². The summed E-state index contributed by atoms with van der Waals surface area (Å²) in [6.07, 6.45) is 3.94. The number of carbonyl (C=O) groups is 1. The van der Waals surface area contributed by atoms with Crippen LogP contribution in [0.15, 0.2) is 22.9 Å². The van der Waals surface area contributed by atoms with Gasteiger partial charge in [0.25, 0.3) is 5.91 Å². The van der Waals surface area contributed by atoms with Crippen LogP contribution in [0.2, 0.25) is 0 Å². The van der Waals surface area contributed by atoms with Crippen LogP contribution in [0.3, 0.4) is 0 Å². The fourth-order valence-corrected chi connectivity index (χ4v) is 2.47. The first-order valence-corrected chi connectivity index (χ1v) is 6.79. The Morgan fingerprint density at radius 2 is 2.18 bits per heavy atom. The van der Waals surface area contributed by atoms with Gasteiger partial charge in [-0.1, -0.05) is 6.92 Å². The molecular weight excluding hydrogens is 280 g/mol. The van der Waals surface area contributed by atoms with E-state index < -0.39 is 0 Å². The van der Waals surface area contributed by atoms with Crippen LogP contribution in [0.5, 0.6) is 0 Å². The number of rotatable bonds is 1. The van der Waals surface area contributed by atoms with Crippen LogP contribution in [0.4, 0.5) is 0 Å². The average molecular weight is 297 g/mol. The molecular formula is C13H17BrN2O. The first-order chi connectivity index (χ1) is 8.08. The molecule has 0 aromatic carbocycles. The topological polar surface area (TPSA) is 33.2 Å². The Morgan fingerprint density at radius 3 is 2.82 bits per heavy atom. The largest absolute Gasteiger partial charge is 0.336 e. The zero-order chi connectivity index (χ0) is 12.4. The second-order valence-electron chi connectivity index (χ2n) is 4.86. The molecule has 2 rings (SSSR count). The van der Waals surface area contributed by atoms with Crippen molar-refractivity contribution < 1.29 is 4.79 Å². The highest BCUT2D eigenvalue weighted by molar-refractivity contribution is 9.10. The zero-order valence-corrected chi connectivity index (χ0v) is 11.8. The molecule has 0 radical (unpaired) electrons. The SMILES string of the molecule is CC1CCC(C)N(C(=O)c2ccc(Br)nc2)C1. The number of aromatic nitrogens is 1. The smallest absolute Gasteiger partial charge is 0.255 e. The summed E-state index contributed by atoms with van der Waals surface area (Å²) >= 11 is 3.28. The van der Waals surface area contributed by atoms with Crippen LogP contribution >= 0.6 is 15.9 Å². The third kappa shape index (κ3) is 2.86. The van der Waals surface area contributed by atoms with Gasteiger partial charge in [-0.15, -0.1) is 0 Å². The average Bonchev–Trinajstić information content (AvgIpc) is 2.32. The van der Waals surface area contributed by atoms with Gasteiger partial charge in [-0.2, -0.15) is 0 Å². The first kappa shape index (κ1) is 12.6. The molecule has 1 amide bonds. The highest BCUT2D eigenvalue weighted by Crippen LogP contribution is 2.23. The summed E-state index contributed by atoms with van der Waals surface area (Å²) in [5.74, 6) is 0.697. The minimum atomic E-state index is 0.101. The molecule has 2 heterocycles. The van der Waals surface area contributed by atoms with E-state index in [4.69, 9.17) is 0 Å². The lowest BCUT2D eigenvalue weighted by atomic mass is 9.94. The molecule has 0 bridgehead atoms. The van der Waals surface area contributed by atoms with Crippen molar-refractivity contribution in [1.82, 2.24) is 9.88 Å². The van der Waals surface area contributed by atoms with Gasteiger partial charge in [-0.3, -0.25) is 4.79 Å². The van der Waals surface area contributed by atoms with Gasteiger partial charge >= 0.3 is 0 Å². The maximum absolute atomic E-state index is 12.3. The standard InChI is InChI=1S/C13H17BrN2O/c1-9-3-4-10(2)16(8-9)13(17)11-5-6-12(14)15-7-11/h5-7,9-10H,3-4,8H2,1-2H3. The van der Waals surface area contributed by atoms with Crippen LogP contribution in [-0.4, -0.2) is 28.4 Å². The van der Waals surface area contributed by atoms with E-state index in [1.54, 1.807) is 6.20 Å². The summed E-state index contributed by atoms with van der Waals surface area (Å²) in [5, 5.41) is 0. The summed E-state index contributed by atoms with van der Waals surface area (Å²) in [6, 6.07) is 3.97. The third-order valence-corrected chi connectivity index (χ3v) is 3.82. The molecule has 1 aliphatic heterocycles. The maximum Gasteiger partial charge on any atom is 0.255 e. The number of hydrogen-bond acceptors (Lipinski definition) is 2. The molecule has 17 heavy (non-hydrogen) atoms. The van der Waals surface area contributed by atoms with E-state index in [1.165, 1.54) is 6.42 Å². The Morgan fingerprint density at radius 1 is 1.41 bits per heavy atom. The molecule has 92 valence electrons. The Bertz CT molecular complexity index is 404. The maximum atomic E-state index is 12.3. The van der Waals surface area contributed by atoms with Gasteiger partial charge in [0.1, 0.15) is 4.60 Å². The predicted molar refractivity (Wildman–Crippen MR) is 70.8 cm³/mol. The number of pyridine rings is 1. The van der Waals surface area contributed by atoms with Gasteiger partial charge in [-0.25, -0.2) is 4.98 Å². The first-order valence-electron chi connectivity index (χ1n) is 6.00. The summed E-state index contributed by atoms with van der Waals surface area (Å²) in [5.41, 5.74) is 0.675. The van der Waals surface area contributed by atoms with E-state index in [0.717, 1.165) is 17.6 Å². The van der Waals surface area contributed by atoms with Gasteiger partial charge < -0.3 is 4.90 Å². The summed E-state index contributed by atoms with van der Waals surface area (Å²) < 4.78 is 0.758. The van der Waals surface area contributed by atoms with E-state index in [-0.39, 0.29) is 5.91 Å². The quantitative estimate of drug-likeness (QED) is 0.746. The number of likely N-dealkylation sites (tertiary alicyclic amines) is 1. The number of halogens is 1. The summed E-state index contributed by atoms with van der Waals surface area (Å²) in [7, 11) is 0. The Labute approximate surface area is 110 Å². The molecule has 2 atom stereocenters. The molecule has 1 aromatic heterocycles. The molecule has 0 saturated carbocycles. The molecule has 1 aliphatic rings. The third-order valence-electron chi connectivity index (χ3n) is 3.35. The van der Waals surface area contributed by atoms with Crippen molar-refractivity contribution in [2.24, 2.45) is 5.92 Å². The molecule has 1 saturated heterocycles. The summed E-state index contributed by atoms with van der Waals surface area (Å²) in [4.78, 5) is 18.4. The highest BCUT2D eigenvalue weighted by Gasteiger charge is 2.27. The van der Waals surface area contributed by atoms with E-state index in [2.05, 4.69) is 34.8 Å². The number of carbonyl (C=O) groups excluding carboxylic acids is 1. The molecule has 0 N–H and O–H groups in total. The van der Waals surface area contributed by atoms with E-state index in [1.807, 2.05) is 17.0 Å². The van der Waals surface area contributed by atoms with Gasteiger partial charge in [0.2, 0.25) is 0 Å². The predicted octanol–water partition coefficient (Wildman–Crippen LogP) is 3.10. The van der Waals surface area contributed by atoms with Crippen LogP contribution < -0.4 is 0 Å². The highest BCUT2D eigenvalue weighted by atomic mass is 79.9. The second kappa shape index (κ2) is 5.17. The van der Waals surface area contributed by atoms with Crippen LogP contribution in [-0.2, 0) is 0 Å². The van der Waals surface area contributed by atoms with Crippen molar-refractivity contribution in [3.05, 3.63) is 28.5 Å². The van der Waals surface area contributed by atoms with Crippen LogP contribution in [0, 0.1) is 5.92 Å².